The zero-order valence-corrected chi connectivity index (χ0v) is 14.8. The molecule has 6 heteroatoms. The van der Waals surface area contributed by atoms with Crippen LogP contribution >= 0.6 is 0 Å². The number of aryl methyl sites for hydroxylation is 1. The number of carbonyl (C=O) groups is 1. The van der Waals surface area contributed by atoms with E-state index in [4.69, 9.17) is 0 Å². The topological polar surface area (TPSA) is 69.0 Å². The summed E-state index contributed by atoms with van der Waals surface area (Å²) in [4.78, 5) is 12.9. The van der Waals surface area contributed by atoms with Crippen molar-refractivity contribution in [3.63, 3.8) is 0 Å². The van der Waals surface area contributed by atoms with Crippen LogP contribution in [-0.2, 0) is 15.6 Å². The largest absolute Gasteiger partial charge is 0.278 e. The van der Waals surface area contributed by atoms with Gasteiger partial charge in [-0.1, -0.05) is 36.4 Å². The fraction of sp³-hybridized carbons (Fsp3) is 0.158. The lowest BCUT2D eigenvalue weighted by atomic mass is 10.2. The van der Waals surface area contributed by atoms with Crippen LogP contribution in [0.1, 0.15) is 27.3 Å². The maximum Gasteiger partial charge on any atom is 0.278 e. The number of sulfone groups is 1. The molecule has 0 aliphatic rings. The molecule has 0 fully saturated rings. The molecule has 0 aliphatic heterocycles. The molecule has 0 N–H and O–H groups in total. The highest BCUT2D eigenvalue weighted by Crippen LogP contribution is 2.22. The highest BCUT2D eigenvalue weighted by molar-refractivity contribution is 7.90. The first kappa shape index (κ1) is 17.1. The van der Waals surface area contributed by atoms with E-state index in [9.17, 15) is 13.2 Å². The summed E-state index contributed by atoms with van der Waals surface area (Å²) in [6.45, 7) is 3.44. The van der Waals surface area contributed by atoms with Gasteiger partial charge in [0.15, 0.2) is 9.84 Å². The lowest BCUT2D eigenvalue weighted by molar-refractivity contribution is 0.0942. The first-order chi connectivity index (χ1) is 11.9. The Bertz CT molecular complexity index is 1010. The first-order valence-electron chi connectivity index (χ1n) is 7.83. The van der Waals surface area contributed by atoms with E-state index < -0.39 is 9.84 Å². The Morgan fingerprint density at radius 1 is 0.960 bits per heavy atom. The smallest absolute Gasteiger partial charge is 0.267 e. The third-order valence-corrected chi connectivity index (χ3v) is 5.75. The molecule has 3 rings (SSSR count). The number of hydrogen-bond donors (Lipinski definition) is 0. The molecule has 0 aliphatic carbocycles. The second kappa shape index (κ2) is 6.64. The molecule has 0 atom stereocenters. The van der Waals surface area contributed by atoms with Gasteiger partial charge in [-0.2, -0.15) is 5.10 Å². The van der Waals surface area contributed by atoms with E-state index in [1.165, 1.54) is 4.68 Å². The molecule has 0 bridgehead atoms. The molecular formula is C19H18N2O3S. The van der Waals surface area contributed by atoms with Crippen molar-refractivity contribution < 1.29 is 13.2 Å². The van der Waals surface area contributed by atoms with Crippen LogP contribution in [0.25, 0.3) is 0 Å². The fourth-order valence-corrected chi connectivity index (χ4v) is 4.22. The molecule has 0 spiro atoms. The molecule has 0 saturated carbocycles. The summed E-state index contributed by atoms with van der Waals surface area (Å²) < 4.78 is 26.5. The van der Waals surface area contributed by atoms with Gasteiger partial charge >= 0.3 is 0 Å². The van der Waals surface area contributed by atoms with Crippen molar-refractivity contribution in [2.75, 3.05) is 0 Å². The van der Waals surface area contributed by atoms with Gasteiger partial charge in [0.1, 0.15) is 0 Å². The van der Waals surface area contributed by atoms with Crippen LogP contribution in [0.4, 0.5) is 0 Å². The standard InChI is InChI=1S/C19H18N2O3S/c1-14-18(13-25(23,24)17-11-7-4-8-12-17)15(2)21(20-14)19(22)16-9-5-3-6-10-16/h3-12H,13H2,1-2H3. The van der Waals surface area contributed by atoms with Crippen LogP contribution < -0.4 is 0 Å². The quantitative estimate of drug-likeness (QED) is 0.722. The van der Waals surface area contributed by atoms with Gasteiger partial charge in [0.25, 0.3) is 5.91 Å². The van der Waals surface area contributed by atoms with Crippen LogP contribution in [0.3, 0.4) is 0 Å². The molecule has 25 heavy (non-hydrogen) atoms. The van der Waals surface area contributed by atoms with Gasteiger partial charge < -0.3 is 0 Å². The fourth-order valence-electron chi connectivity index (χ4n) is 2.69. The van der Waals surface area contributed by atoms with E-state index >= 15 is 0 Å². The highest BCUT2D eigenvalue weighted by atomic mass is 32.2. The average Bonchev–Trinajstić information content (AvgIpc) is 2.90. The summed E-state index contributed by atoms with van der Waals surface area (Å²) in [5.74, 6) is -0.457. The van der Waals surface area contributed by atoms with Crippen molar-refractivity contribution in [3.05, 3.63) is 83.2 Å². The van der Waals surface area contributed by atoms with Gasteiger partial charge in [0, 0.05) is 16.8 Å². The number of nitrogens with zero attached hydrogens (tertiary/aromatic N) is 2. The summed E-state index contributed by atoms with van der Waals surface area (Å²) in [5, 5.41) is 4.27. The number of hydrogen-bond acceptors (Lipinski definition) is 4. The highest BCUT2D eigenvalue weighted by Gasteiger charge is 2.23. The summed E-state index contributed by atoms with van der Waals surface area (Å²) in [5.41, 5.74) is 2.16. The Morgan fingerprint density at radius 2 is 1.52 bits per heavy atom. The van der Waals surface area contributed by atoms with Crippen molar-refractivity contribution in [2.45, 2.75) is 24.5 Å². The minimum absolute atomic E-state index is 0.184. The molecule has 128 valence electrons. The average molecular weight is 354 g/mol. The molecule has 1 aromatic heterocycles. The Hall–Kier alpha value is -2.73. The van der Waals surface area contributed by atoms with E-state index in [0.717, 1.165) is 0 Å². The summed E-state index contributed by atoms with van der Waals surface area (Å²) in [7, 11) is -3.50. The summed E-state index contributed by atoms with van der Waals surface area (Å²) >= 11 is 0. The van der Waals surface area contributed by atoms with Gasteiger partial charge in [0.05, 0.1) is 16.3 Å². The second-order valence-electron chi connectivity index (χ2n) is 5.80. The van der Waals surface area contributed by atoms with Crippen molar-refractivity contribution in [2.24, 2.45) is 0 Å². The van der Waals surface area contributed by atoms with E-state index in [2.05, 4.69) is 5.10 Å². The predicted molar refractivity (Wildman–Crippen MR) is 95.2 cm³/mol. The van der Waals surface area contributed by atoms with Crippen molar-refractivity contribution in [1.82, 2.24) is 9.78 Å². The first-order valence-corrected chi connectivity index (χ1v) is 9.48. The van der Waals surface area contributed by atoms with Gasteiger partial charge in [-0.05, 0) is 38.1 Å². The van der Waals surface area contributed by atoms with Crippen molar-refractivity contribution in [1.29, 1.82) is 0 Å². The van der Waals surface area contributed by atoms with Gasteiger partial charge in [-0.25, -0.2) is 13.1 Å². The molecule has 0 unspecified atom stereocenters. The van der Waals surface area contributed by atoms with Crippen LogP contribution in [0.5, 0.6) is 0 Å². The number of aromatic nitrogens is 2. The molecule has 0 saturated heterocycles. The van der Waals surface area contributed by atoms with E-state index in [1.807, 2.05) is 6.07 Å². The third-order valence-electron chi connectivity index (χ3n) is 4.09. The molecule has 0 radical (unpaired) electrons. The number of carbonyl (C=O) groups excluding carboxylic acids is 1. The summed E-state index contributed by atoms with van der Waals surface area (Å²) in [6.07, 6.45) is 0. The predicted octanol–water partition coefficient (Wildman–Crippen LogP) is 3.16. The van der Waals surface area contributed by atoms with E-state index in [1.54, 1.807) is 68.4 Å². The van der Waals surface area contributed by atoms with Crippen LogP contribution in [0.15, 0.2) is 65.6 Å². The number of rotatable bonds is 4. The zero-order chi connectivity index (χ0) is 18.0. The van der Waals surface area contributed by atoms with Crippen LogP contribution in [0, 0.1) is 13.8 Å². The van der Waals surface area contributed by atoms with Crippen LogP contribution in [-0.4, -0.2) is 24.1 Å². The molecule has 5 nitrogen and oxygen atoms in total. The maximum absolute atomic E-state index is 12.6. The molecule has 3 aromatic rings. The van der Waals surface area contributed by atoms with Gasteiger partial charge in [0.2, 0.25) is 0 Å². The second-order valence-corrected chi connectivity index (χ2v) is 7.79. The molecular weight excluding hydrogens is 336 g/mol. The minimum Gasteiger partial charge on any atom is -0.267 e. The van der Waals surface area contributed by atoms with Crippen molar-refractivity contribution in [3.8, 4) is 0 Å². The lowest BCUT2D eigenvalue weighted by Gasteiger charge is -2.06. The Balaban J connectivity index is 1.97. The molecule has 1 heterocycles. The lowest BCUT2D eigenvalue weighted by Crippen LogP contribution is -2.15. The Morgan fingerprint density at radius 3 is 2.12 bits per heavy atom. The SMILES string of the molecule is Cc1nn(C(=O)c2ccccc2)c(C)c1CS(=O)(=O)c1ccccc1. The van der Waals surface area contributed by atoms with Crippen LogP contribution in [0.2, 0.25) is 0 Å². The van der Waals surface area contributed by atoms with Gasteiger partial charge in [-0.15, -0.1) is 0 Å². The molecule has 2 aromatic carbocycles. The summed E-state index contributed by atoms with van der Waals surface area (Å²) in [6, 6.07) is 17.1. The van der Waals surface area contributed by atoms with E-state index in [0.29, 0.717) is 22.5 Å². The Labute approximate surface area is 146 Å². The normalized spacial score (nSPS) is 11.4. The Kier molecular flexibility index (Phi) is 4.55. The van der Waals surface area contributed by atoms with E-state index in [-0.39, 0.29) is 16.6 Å². The molecule has 0 amide bonds. The number of benzene rings is 2. The minimum atomic E-state index is -3.50. The monoisotopic (exact) mass is 354 g/mol. The van der Waals surface area contributed by atoms with Gasteiger partial charge in [-0.3, -0.25) is 4.79 Å². The zero-order valence-electron chi connectivity index (χ0n) is 14.0. The maximum atomic E-state index is 12.6. The van der Waals surface area contributed by atoms with Crippen molar-refractivity contribution >= 4 is 15.7 Å². The third kappa shape index (κ3) is 3.39.